The summed E-state index contributed by atoms with van der Waals surface area (Å²) >= 11 is 5.98. The second kappa shape index (κ2) is 4.28. The molecule has 0 aliphatic heterocycles. The van der Waals surface area contributed by atoms with Gasteiger partial charge in [0.1, 0.15) is 11.6 Å². The molecule has 0 aliphatic carbocycles. The molecule has 2 aromatic rings. The fraction of sp³-hybridized carbons (Fsp3) is 0. The minimum atomic E-state index is -0.582. The van der Waals surface area contributed by atoms with E-state index >= 15 is 0 Å². The smallest absolute Gasteiger partial charge is 0.322 e. The quantitative estimate of drug-likeness (QED) is 0.654. The highest BCUT2D eigenvalue weighted by Crippen LogP contribution is 2.31. The van der Waals surface area contributed by atoms with Crippen molar-refractivity contribution < 1.29 is 4.92 Å². The first-order valence-corrected chi connectivity index (χ1v) is 5.03. The summed E-state index contributed by atoms with van der Waals surface area (Å²) in [6.07, 6.45) is 0. The number of nitriles is 1. The van der Waals surface area contributed by atoms with Crippen LogP contribution in [0.4, 0.5) is 5.82 Å². The first-order valence-electron chi connectivity index (χ1n) is 4.66. The van der Waals surface area contributed by atoms with Crippen molar-refractivity contribution in [2.75, 3.05) is 0 Å². The first kappa shape index (κ1) is 11.2. The molecule has 0 unspecified atom stereocenters. The minimum absolute atomic E-state index is 0.199. The Morgan fingerprint density at radius 1 is 1.41 bits per heavy atom. The Balaban J connectivity index is 2.64. The number of hydrogen-bond acceptors (Lipinski definition) is 3. The van der Waals surface area contributed by atoms with E-state index in [1.807, 2.05) is 6.07 Å². The minimum Gasteiger partial charge on any atom is -0.358 e. The van der Waals surface area contributed by atoms with E-state index in [1.54, 1.807) is 24.3 Å². The number of aromatic nitrogens is 1. The van der Waals surface area contributed by atoms with Crippen molar-refractivity contribution in [3.05, 3.63) is 51.0 Å². The van der Waals surface area contributed by atoms with Crippen molar-refractivity contribution in [1.29, 1.82) is 5.26 Å². The van der Waals surface area contributed by atoms with Gasteiger partial charge in [-0.3, -0.25) is 0 Å². The van der Waals surface area contributed by atoms with Crippen LogP contribution < -0.4 is 0 Å². The highest BCUT2D eigenvalue weighted by Gasteiger charge is 2.19. The summed E-state index contributed by atoms with van der Waals surface area (Å²) in [5.74, 6) is -0.225. The van der Waals surface area contributed by atoms with Crippen LogP contribution in [0.1, 0.15) is 5.56 Å². The molecule has 1 aromatic heterocycles. The van der Waals surface area contributed by atoms with Crippen LogP contribution in [0.5, 0.6) is 0 Å². The molecule has 84 valence electrons. The normalized spacial score (nSPS) is 9.88. The van der Waals surface area contributed by atoms with E-state index in [1.165, 1.54) is 6.07 Å². The predicted octanol–water partition coefficient (Wildman–Crippen LogP) is 3.11. The van der Waals surface area contributed by atoms with Gasteiger partial charge in [-0.2, -0.15) is 5.26 Å². The van der Waals surface area contributed by atoms with Crippen molar-refractivity contribution >= 4 is 17.4 Å². The topological polar surface area (TPSA) is 82.7 Å². The molecule has 0 amide bonds. The largest absolute Gasteiger partial charge is 0.358 e. The summed E-state index contributed by atoms with van der Waals surface area (Å²) in [4.78, 5) is 12.6. The van der Waals surface area contributed by atoms with Gasteiger partial charge in [0.2, 0.25) is 0 Å². The molecule has 17 heavy (non-hydrogen) atoms. The maximum absolute atomic E-state index is 10.6. The van der Waals surface area contributed by atoms with Gasteiger partial charge in [0, 0.05) is 5.56 Å². The summed E-state index contributed by atoms with van der Waals surface area (Å²) in [7, 11) is 0. The van der Waals surface area contributed by atoms with E-state index in [-0.39, 0.29) is 11.4 Å². The third-order valence-electron chi connectivity index (χ3n) is 2.26. The van der Waals surface area contributed by atoms with Crippen molar-refractivity contribution in [2.24, 2.45) is 0 Å². The van der Waals surface area contributed by atoms with Gasteiger partial charge in [-0.15, -0.1) is 0 Å². The van der Waals surface area contributed by atoms with Crippen LogP contribution in [-0.2, 0) is 0 Å². The summed E-state index contributed by atoms with van der Waals surface area (Å²) in [5, 5.41) is 20.0. The maximum Gasteiger partial charge on any atom is 0.322 e. The number of rotatable bonds is 2. The second-order valence-corrected chi connectivity index (χ2v) is 3.70. The van der Waals surface area contributed by atoms with Crippen molar-refractivity contribution in [1.82, 2.24) is 4.98 Å². The van der Waals surface area contributed by atoms with E-state index in [0.717, 1.165) is 0 Å². The number of nitro groups is 1. The average molecular weight is 248 g/mol. The molecule has 0 saturated heterocycles. The van der Waals surface area contributed by atoms with E-state index < -0.39 is 4.92 Å². The molecule has 1 aromatic carbocycles. The third kappa shape index (κ3) is 1.98. The van der Waals surface area contributed by atoms with Crippen LogP contribution in [0.25, 0.3) is 11.3 Å². The number of nitrogens with zero attached hydrogens (tertiary/aromatic N) is 2. The van der Waals surface area contributed by atoms with Gasteiger partial charge in [0.25, 0.3) is 0 Å². The number of nitrogens with one attached hydrogen (secondary N) is 1. The molecular formula is C11H6ClN3O2. The SMILES string of the molecule is N#Cc1cc([N+](=O)[O-])[nH]c1-c1ccccc1Cl. The fourth-order valence-corrected chi connectivity index (χ4v) is 1.73. The molecule has 0 atom stereocenters. The summed E-state index contributed by atoms with van der Waals surface area (Å²) in [6, 6.07) is 9.94. The monoisotopic (exact) mass is 247 g/mol. The Morgan fingerprint density at radius 3 is 2.71 bits per heavy atom. The lowest BCUT2D eigenvalue weighted by atomic mass is 10.1. The van der Waals surface area contributed by atoms with E-state index in [2.05, 4.69) is 4.98 Å². The van der Waals surface area contributed by atoms with Crippen molar-refractivity contribution in [3.63, 3.8) is 0 Å². The Labute approximate surface area is 101 Å². The van der Waals surface area contributed by atoms with Crippen LogP contribution in [0.3, 0.4) is 0 Å². The molecular weight excluding hydrogens is 242 g/mol. The Morgan fingerprint density at radius 2 is 2.12 bits per heavy atom. The zero-order chi connectivity index (χ0) is 12.4. The lowest BCUT2D eigenvalue weighted by molar-refractivity contribution is -0.389. The van der Waals surface area contributed by atoms with Gasteiger partial charge >= 0.3 is 5.82 Å². The van der Waals surface area contributed by atoms with Crippen molar-refractivity contribution in [3.8, 4) is 17.3 Å². The van der Waals surface area contributed by atoms with Crippen LogP contribution in [-0.4, -0.2) is 9.91 Å². The van der Waals surface area contributed by atoms with Gasteiger partial charge in [0.15, 0.2) is 5.69 Å². The third-order valence-corrected chi connectivity index (χ3v) is 2.59. The predicted molar refractivity (Wildman–Crippen MR) is 62.6 cm³/mol. The molecule has 0 radical (unpaired) electrons. The van der Waals surface area contributed by atoms with Gasteiger partial charge in [-0.05, 0) is 17.1 Å². The number of aromatic amines is 1. The molecule has 0 bridgehead atoms. The maximum atomic E-state index is 10.6. The molecule has 5 nitrogen and oxygen atoms in total. The lowest BCUT2D eigenvalue weighted by Crippen LogP contribution is -1.87. The van der Waals surface area contributed by atoms with Crippen molar-refractivity contribution in [2.45, 2.75) is 0 Å². The standard InChI is InChI=1S/C11H6ClN3O2/c12-9-4-2-1-3-8(9)11-7(6-13)5-10(14-11)15(16)17/h1-5,14H. The van der Waals surface area contributed by atoms with Crippen LogP contribution in [0.15, 0.2) is 30.3 Å². The summed E-state index contributed by atoms with van der Waals surface area (Å²) in [5.41, 5.74) is 1.13. The van der Waals surface area contributed by atoms with Crippen LogP contribution >= 0.6 is 11.6 Å². The number of hydrogen-bond donors (Lipinski definition) is 1. The van der Waals surface area contributed by atoms with E-state index in [4.69, 9.17) is 16.9 Å². The highest BCUT2D eigenvalue weighted by atomic mass is 35.5. The van der Waals surface area contributed by atoms with Gasteiger partial charge in [0.05, 0.1) is 11.1 Å². The average Bonchev–Trinajstić information content (AvgIpc) is 2.73. The highest BCUT2D eigenvalue weighted by molar-refractivity contribution is 6.33. The van der Waals surface area contributed by atoms with Crippen LogP contribution in [0, 0.1) is 21.4 Å². The lowest BCUT2D eigenvalue weighted by Gasteiger charge is -1.98. The second-order valence-electron chi connectivity index (χ2n) is 3.29. The van der Waals surface area contributed by atoms with E-state index in [9.17, 15) is 10.1 Å². The fourth-order valence-electron chi connectivity index (χ4n) is 1.50. The number of H-pyrrole nitrogens is 1. The van der Waals surface area contributed by atoms with Gasteiger partial charge < -0.3 is 10.1 Å². The molecule has 6 heteroatoms. The van der Waals surface area contributed by atoms with E-state index in [0.29, 0.717) is 16.3 Å². The molecule has 1 N–H and O–H groups in total. The Kier molecular flexibility index (Phi) is 2.81. The summed E-state index contributed by atoms with van der Waals surface area (Å²) < 4.78 is 0. The first-order chi connectivity index (χ1) is 8.13. The molecule has 0 aliphatic rings. The zero-order valence-electron chi connectivity index (χ0n) is 8.48. The van der Waals surface area contributed by atoms with Gasteiger partial charge in [-0.25, -0.2) is 4.98 Å². The zero-order valence-corrected chi connectivity index (χ0v) is 9.23. The Hall–Kier alpha value is -2.32. The molecule has 0 fully saturated rings. The summed E-state index contributed by atoms with van der Waals surface area (Å²) in [6.45, 7) is 0. The van der Waals surface area contributed by atoms with Gasteiger partial charge in [-0.1, -0.05) is 23.7 Å². The molecule has 0 saturated carbocycles. The molecule has 1 heterocycles. The number of halogens is 1. The molecule has 0 spiro atoms. The Bertz CT molecular complexity index is 628. The van der Waals surface area contributed by atoms with Crippen LogP contribution in [0.2, 0.25) is 5.02 Å². The molecule has 2 rings (SSSR count). The number of benzene rings is 1.